The number of H-pyrrole nitrogens is 1. The van der Waals surface area contributed by atoms with Gasteiger partial charge in [0.1, 0.15) is 18.3 Å². The number of aromatic amines is 1. The maximum atomic E-state index is 12.2. The van der Waals surface area contributed by atoms with Gasteiger partial charge in [-0.15, -0.1) is 0 Å². The van der Waals surface area contributed by atoms with E-state index in [4.69, 9.17) is 5.11 Å². The van der Waals surface area contributed by atoms with Crippen LogP contribution < -0.4 is 11.2 Å². The predicted octanol–water partition coefficient (Wildman–Crippen LogP) is -2.33. The highest BCUT2D eigenvalue weighted by molar-refractivity contribution is 5.94. The van der Waals surface area contributed by atoms with Crippen LogP contribution in [0.15, 0.2) is 21.7 Å². The molecule has 3 rings (SSSR count). The van der Waals surface area contributed by atoms with Crippen molar-refractivity contribution in [2.24, 2.45) is 0 Å². The largest absolute Gasteiger partial charge is 0.478 e. The number of aliphatic hydroxyl groups excluding tert-OH is 4. The number of benzene rings is 1. The first kappa shape index (κ1) is 20.5. The van der Waals surface area contributed by atoms with Gasteiger partial charge < -0.3 is 30.1 Å². The Morgan fingerprint density at radius 2 is 1.86 bits per heavy atom. The molecule has 0 saturated carbocycles. The minimum atomic E-state index is -1.76. The summed E-state index contributed by atoms with van der Waals surface area (Å²) in [7, 11) is 0. The Morgan fingerprint density at radius 3 is 2.48 bits per heavy atom. The molecule has 2 aliphatic rings. The molecule has 2 heterocycles. The second kappa shape index (κ2) is 7.67. The van der Waals surface area contributed by atoms with E-state index in [2.05, 4.69) is 9.97 Å². The van der Waals surface area contributed by atoms with E-state index in [0.29, 0.717) is 5.56 Å². The van der Waals surface area contributed by atoms with Crippen LogP contribution in [0.5, 0.6) is 0 Å². The third-order valence-electron chi connectivity index (χ3n) is 4.53. The molecule has 3 unspecified atom stereocenters. The number of fused-ring (bicyclic) bond motifs is 2. The van der Waals surface area contributed by atoms with E-state index in [1.807, 2.05) is 4.98 Å². The van der Waals surface area contributed by atoms with Gasteiger partial charge in [-0.3, -0.25) is 9.78 Å². The lowest BCUT2D eigenvalue weighted by Crippen LogP contribution is -2.42. The zero-order chi connectivity index (χ0) is 21.5. The van der Waals surface area contributed by atoms with Gasteiger partial charge in [-0.1, -0.05) is 0 Å². The number of hydrogen-bond donors (Lipinski definition) is 6. The van der Waals surface area contributed by atoms with Crippen LogP contribution in [-0.2, 0) is 6.54 Å². The quantitative estimate of drug-likeness (QED) is 0.241. The van der Waals surface area contributed by atoms with Crippen molar-refractivity contribution in [1.29, 1.82) is 0 Å². The second-order valence-corrected chi connectivity index (χ2v) is 6.53. The molecule has 1 aromatic rings. The Labute approximate surface area is 161 Å². The van der Waals surface area contributed by atoms with Gasteiger partial charge in [0.05, 0.1) is 29.7 Å². The summed E-state index contributed by atoms with van der Waals surface area (Å²) in [4.78, 5) is 45.2. The molecule has 0 spiro atoms. The number of aliphatic hydroxyl groups is 4. The molecule has 0 aromatic heterocycles. The van der Waals surface area contributed by atoms with Gasteiger partial charge in [0.25, 0.3) is 5.56 Å². The van der Waals surface area contributed by atoms with E-state index in [1.165, 1.54) is 12.1 Å². The lowest BCUT2D eigenvalue weighted by atomic mass is 10.1. The van der Waals surface area contributed by atoms with Crippen molar-refractivity contribution in [2.45, 2.75) is 31.8 Å². The molecule has 1 aromatic carbocycles. The Bertz CT molecular complexity index is 1170. The summed E-state index contributed by atoms with van der Waals surface area (Å²) in [5.41, 5.74) is -1.44. The molecule has 0 bridgehead atoms. The highest BCUT2D eigenvalue weighted by Crippen LogP contribution is 2.25. The van der Waals surface area contributed by atoms with Crippen molar-refractivity contribution in [2.75, 3.05) is 6.61 Å². The van der Waals surface area contributed by atoms with Crippen LogP contribution in [0.4, 0.5) is 0 Å². The van der Waals surface area contributed by atoms with Crippen molar-refractivity contribution in [3.8, 4) is 11.5 Å². The SMILES string of the molecule is Cc1cc2nc3c(=O)[nH]c(=O)nc-3n(CC(O)C(O)C(O)CO)c2cc1C(=O)O. The number of nitrogens with one attached hydrogen (secondary N) is 1. The molecule has 6 N–H and O–H groups in total. The van der Waals surface area contributed by atoms with Gasteiger partial charge >= 0.3 is 11.7 Å². The van der Waals surface area contributed by atoms with Crippen LogP contribution in [0, 0.1) is 6.92 Å². The first-order valence-electron chi connectivity index (χ1n) is 8.47. The highest BCUT2D eigenvalue weighted by atomic mass is 16.4. The normalized spacial score (nSPS) is 14.8. The van der Waals surface area contributed by atoms with Gasteiger partial charge in [0.15, 0.2) is 11.5 Å². The van der Waals surface area contributed by atoms with Crippen LogP contribution in [0.2, 0.25) is 0 Å². The second-order valence-electron chi connectivity index (χ2n) is 6.53. The molecule has 0 saturated heterocycles. The predicted molar refractivity (Wildman–Crippen MR) is 97.8 cm³/mol. The molecule has 2 aliphatic heterocycles. The van der Waals surface area contributed by atoms with E-state index in [9.17, 15) is 34.8 Å². The van der Waals surface area contributed by atoms with Gasteiger partial charge in [-0.25, -0.2) is 14.6 Å². The fraction of sp³-hybridized carbons (Fsp3) is 0.353. The summed E-state index contributed by atoms with van der Waals surface area (Å²) in [5.74, 6) is -1.47. The molecular formula is C17H18N4O8. The van der Waals surface area contributed by atoms with E-state index in [-0.39, 0.29) is 28.1 Å². The van der Waals surface area contributed by atoms with Crippen molar-refractivity contribution >= 4 is 17.0 Å². The summed E-state index contributed by atoms with van der Waals surface area (Å²) < 4.78 is 1.16. The van der Waals surface area contributed by atoms with E-state index >= 15 is 0 Å². The topological polar surface area (TPSA) is 199 Å². The van der Waals surface area contributed by atoms with Crippen LogP contribution in [0.1, 0.15) is 15.9 Å². The average molecular weight is 406 g/mol. The summed E-state index contributed by atoms with van der Waals surface area (Å²) in [6.07, 6.45) is -5.06. The Balaban J connectivity index is 2.33. The summed E-state index contributed by atoms with van der Waals surface area (Å²) >= 11 is 0. The number of rotatable bonds is 6. The van der Waals surface area contributed by atoms with Gasteiger partial charge in [-0.05, 0) is 24.6 Å². The molecular weight excluding hydrogens is 388 g/mol. The lowest BCUT2D eigenvalue weighted by molar-refractivity contribution is -0.0802. The van der Waals surface area contributed by atoms with Crippen LogP contribution in [0.25, 0.3) is 22.6 Å². The molecule has 154 valence electrons. The van der Waals surface area contributed by atoms with Gasteiger partial charge in [0.2, 0.25) is 0 Å². The first-order valence-corrected chi connectivity index (χ1v) is 8.47. The van der Waals surface area contributed by atoms with Crippen molar-refractivity contribution in [3.63, 3.8) is 0 Å². The molecule has 0 fully saturated rings. The maximum absolute atomic E-state index is 12.2. The van der Waals surface area contributed by atoms with E-state index in [0.717, 1.165) is 4.57 Å². The van der Waals surface area contributed by atoms with Crippen molar-refractivity contribution < 1.29 is 30.3 Å². The fourth-order valence-corrected chi connectivity index (χ4v) is 3.02. The van der Waals surface area contributed by atoms with Crippen LogP contribution >= 0.6 is 0 Å². The van der Waals surface area contributed by atoms with Crippen molar-refractivity contribution in [3.05, 3.63) is 44.1 Å². The number of aromatic carboxylic acids is 1. The van der Waals surface area contributed by atoms with E-state index in [1.54, 1.807) is 6.92 Å². The third kappa shape index (κ3) is 3.73. The van der Waals surface area contributed by atoms with Crippen LogP contribution in [-0.4, -0.2) is 75.9 Å². The van der Waals surface area contributed by atoms with Gasteiger partial charge in [-0.2, -0.15) is 4.98 Å². The fourth-order valence-electron chi connectivity index (χ4n) is 3.02. The number of carboxylic acids is 1. The minimum absolute atomic E-state index is 0.0787. The number of nitrogens with zero attached hydrogens (tertiary/aromatic N) is 3. The summed E-state index contributed by atoms with van der Waals surface area (Å²) in [5, 5.41) is 48.2. The number of aromatic nitrogens is 4. The molecule has 3 atom stereocenters. The highest BCUT2D eigenvalue weighted by Gasteiger charge is 2.28. The summed E-state index contributed by atoms with van der Waals surface area (Å²) in [6.45, 7) is 0.246. The zero-order valence-corrected chi connectivity index (χ0v) is 15.1. The molecule has 0 amide bonds. The van der Waals surface area contributed by atoms with Crippen LogP contribution in [0.3, 0.4) is 0 Å². The van der Waals surface area contributed by atoms with E-state index < -0.39 is 48.7 Å². The number of hydrogen-bond acceptors (Lipinski definition) is 9. The smallest absolute Gasteiger partial charge is 0.349 e. The standard InChI is InChI=1S/C17H18N4O8/c1-6-2-8-9(3-7(6)16(27)28)21(4-10(23)13(25)11(24)5-22)14-12(18-8)15(26)20-17(29)19-14/h2-3,10-11,13,22-25H,4-5H2,1H3,(H,27,28)(H,20,26,29). The van der Waals surface area contributed by atoms with Crippen molar-refractivity contribution in [1.82, 2.24) is 19.5 Å². The monoisotopic (exact) mass is 406 g/mol. The number of carboxylic acid groups (broad SMARTS) is 1. The first-order chi connectivity index (χ1) is 13.6. The molecule has 12 nitrogen and oxygen atoms in total. The number of aryl methyl sites for hydroxylation is 1. The Kier molecular flexibility index (Phi) is 5.44. The molecule has 0 aliphatic carbocycles. The Morgan fingerprint density at radius 1 is 1.17 bits per heavy atom. The zero-order valence-electron chi connectivity index (χ0n) is 15.1. The summed E-state index contributed by atoms with van der Waals surface area (Å²) in [6, 6.07) is 2.67. The molecule has 0 radical (unpaired) electrons. The molecule has 12 heteroatoms. The third-order valence-corrected chi connectivity index (χ3v) is 4.53. The minimum Gasteiger partial charge on any atom is -0.478 e. The lowest BCUT2D eigenvalue weighted by Gasteiger charge is -2.25. The molecule has 29 heavy (non-hydrogen) atoms. The Hall–Kier alpha value is -3.19. The van der Waals surface area contributed by atoms with Gasteiger partial charge in [0, 0.05) is 0 Å². The number of carbonyl (C=O) groups is 1. The average Bonchev–Trinajstić information content (AvgIpc) is 2.66. The maximum Gasteiger partial charge on any atom is 0.349 e.